The van der Waals surface area contributed by atoms with Crippen molar-refractivity contribution in [2.75, 3.05) is 6.54 Å². The van der Waals surface area contributed by atoms with Crippen LogP contribution in [0.5, 0.6) is 5.75 Å². The molecule has 1 atom stereocenters. The van der Waals surface area contributed by atoms with Gasteiger partial charge in [0, 0.05) is 12.6 Å². The summed E-state index contributed by atoms with van der Waals surface area (Å²) >= 11 is 0. The first-order valence-corrected chi connectivity index (χ1v) is 8.50. The summed E-state index contributed by atoms with van der Waals surface area (Å²) in [6.45, 7) is 0.336. The van der Waals surface area contributed by atoms with Gasteiger partial charge in [0.1, 0.15) is 12.4 Å². The smallest absolute Gasteiger partial charge is 0.276 e. The molecule has 1 aliphatic heterocycles. The zero-order valence-corrected chi connectivity index (χ0v) is 14.2. The van der Waals surface area contributed by atoms with E-state index < -0.39 is 17.4 Å². The predicted molar refractivity (Wildman–Crippen MR) is 88.9 cm³/mol. The fraction of sp³-hybridized carbons (Fsp3) is 0.263. The highest BCUT2D eigenvalue weighted by molar-refractivity contribution is 5.92. The van der Waals surface area contributed by atoms with E-state index in [2.05, 4.69) is 5.16 Å². The van der Waals surface area contributed by atoms with E-state index in [4.69, 9.17) is 13.7 Å². The molecule has 3 aromatic rings. The summed E-state index contributed by atoms with van der Waals surface area (Å²) in [7, 11) is 0. The Balaban J connectivity index is 1.45. The second kappa shape index (κ2) is 7.22. The van der Waals surface area contributed by atoms with Gasteiger partial charge in [0.15, 0.2) is 28.8 Å². The van der Waals surface area contributed by atoms with Gasteiger partial charge in [0.2, 0.25) is 0 Å². The molecule has 6 nitrogen and oxygen atoms in total. The van der Waals surface area contributed by atoms with E-state index in [0.717, 1.165) is 30.7 Å². The molecular formula is C19H16F2N2O4. The first-order chi connectivity index (χ1) is 13.1. The highest BCUT2D eigenvalue weighted by Crippen LogP contribution is 2.33. The zero-order chi connectivity index (χ0) is 18.8. The van der Waals surface area contributed by atoms with E-state index in [0.29, 0.717) is 6.54 Å². The van der Waals surface area contributed by atoms with Crippen molar-refractivity contribution in [3.8, 4) is 5.75 Å². The van der Waals surface area contributed by atoms with Gasteiger partial charge in [-0.25, -0.2) is 8.78 Å². The number of amides is 1. The minimum atomic E-state index is -0.816. The van der Waals surface area contributed by atoms with E-state index in [1.165, 1.54) is 12.1 Å². The molecule has 0 spiro atoms. The van der Waals surface area contributed by atoms with Crippen LogP contribution in [0.4, 0.5) is 8.78 Å². The maximum absolute atomic E-state index is 13.6. The molecule has 0 radical (unpaired) electrons. The van der Waals surface area contributed by atoms with Crippen LogP contribution in [-0.2, 0) is 6.61 Å². The molecule has 0 aliphatic carbocycles. The van der Waals surface area contributed by atoms with E-state index in [1.54, 1.807) is 17.2 Å². The molecule has 1 amide bonds. The molecule has 27 heavy (non-hydrogen) atoms. The van der Waals surface area contributed by atoms with Crippen LogP contribution in [0.3, 0.4) is 0 Å². The molecule has 140 valence electrons. The summed E-state index contributed by atoms with van der Waals surface area (Å²) in [6, 6.07) is 8.32. The van der Waals surface area contributed by atoms with Gasteiger partial charge < -0.3 is 18.6 Å². The number of hydrogen-bond acceptors (Lipinski definition) is 5. The van der Waals surface area contributed by atoms with Crippen LogP contribution in [-0.4, -0.2) is 22.5 Å². The Hall–Kier alpha value is -3.16. The largest absolute Gasteiger partial charge is 0.479 e. The summed E-state index contributed by atoms with van der Waals surface area (Å²) in [4.78, 5) is 14.4. The Morgan fingerprint density at radius 1 is 1.26 bits per heavy atom. The van der Waals surface area contributed by atoms with Crippen LogP contribution >= 0.6 is 0 Å². The molecule has 1 saturated heterocycles. The quantitative estimate of drug-likeness (QED) is 0.672. The van der Waals surface area contributed by atoms with Crippen LogP contribution in [0.2, 0.25) is 0 Å². The summed E-state index contributed by atoms with van der Waals surface area (Å²) in [5.74, 6) is -1.51. The average molecular weight is 374 g/mol. The van der Waals surface area contributed by atoms with Gasteiger partial charge in [-0.2, -0.15) is 0 Å². The van der Waals surface area contributed by atoms with Crippen LogP contribution in [0, 0.1) is 11.6 Å². The lowest BCUT2D eigenvalue weighted by molar-refractivity contribution is 0.0709. The lowest BCUT2D eigenvalue weighted by Gasteiger charge is -2.21. The third-order valence-electron chi connectivity index (χ3n) is 4.44. The third-order valence-corrected chi connectivity index (χ3v) is 4.44. The Morgan fingerprint density at radius 3 is 2.81 bits per heavy atom. The maximum atomic E-state index is 13.6. The van der Waals surface area contributed by atoms with Crippen molar-refractivity contribution in [3.63, 3.8) is 0 Å². The monoisotopic (exact) mass is 374 g/mol. The second-order valence-electron chi connectivity index (χ2n) is 6.19. The number of carbonyl (C=O) groups is 1. The number of halogens is 2. The number of rotatable bonds is 5. The molecule has 1 aliphatic rings. The molecule has 0 unspecified atom stereocenters. The van der Waals surface area contributed by atoms with Crippen molar-refractivity contribution in [2.45, 2.75) is 25.5 Å². The highest BCUT2D eigenvalue weighted by atomic mass is 19.1. The van der Waals surface area contributed by atoms with Gasteiger partial charge in [-0.15, -0.1) is 0 Å². The fourth-order valence-electron chi connectivity index (χ4n) is 3.18. The van der Waals surface area contributed by atoms with Crippen LogP contribution in [0.25, 0.3) is 0 Å². The van der Waals surface area contributed by atoms with Crippen LogP contribution in [0.1, 0.15) is 40.9 Å². The first kappa shape index (κ1) is 17.3. The van der Waals surface area contributed by atoms with Gasteiger partial charge in [-0.1, -0.05) is 11.2 Å². The van der Waals surface area contributed by atoms with Crippen molar-refractivity contribution in [1.29, 1.82) is 0 Å². The summed E-state index contributed by atoms with van der Waals surface area (Å²) in [5, 5.41) is 3.77. The third kappa shape index (κ3) is 3.42. The molecule has 8 heteroatoms. The molecule has 0 saturated carbocycles. The van der Waals surface area contributed by atoms with Gasteiger partial charge in [-0.05, 0) is 37.1 Å². The molecule has 0 bridgehead atoms. The number of likely N-dealkylation sites (tertiary alicyclic amines) is 1. The number of carbonyl (C=O) groups excluding carboxylic acids is 1. The summed E-state index contributed by atoms with van der Waals surface area (Å²) in [5.41, 5.74) is 0.112. The van der Waals surface area contributed by atoms with Crippen LogP contribution < -0.4 is 4.74 Å². The zero-order valence-electron chi connectivity index (χ0n) is 14.2. The molecule has 1 fully saturated rings. The number of hydrogen-bond donors (Lipinski definition) is 0. The number of benzene rings is 1. The summed E-state index contributed by atoms with van der Waals surface area (Å²) < 4.78 is 42.8. The van der Waals surface area contributed by atoms with Gasteiger partial charge >= 0.3 is 0 Å². The van der Waals surface area contributed by atoms with Crippen LogP contribution in [0.15, 0.2) is 51.6 Å². The average Bonchev–Trinajstić information content (AvgIpc) is 3.40. The number of furan rings is 1. The Labute approximate surface area is 153 Å². The van der Waals surface area contributed by atoms with Crippen molar-refractivity contribution in [3.05, 3.63) is 71.5 Å². The highest BCUT2D eigenvalue weighted by Gasteiger charge is 2.33. The molecular weight excluding hydrogens is 358 g/mol. The van der Waals surface area contributed by atoms with E-state index >= 15 is 0 Å². The van der Waals surface area contributed by atoms with Gasteiger partial charge in [-0.3, -0.25) is 4.79 Å². The Morgan fingerprint density at radius 2 is 2.07 bits per heavy atom. The number of nitrogens with zero attached hydrogens (tertiary/aromatic N) is 2. The molecule has 0 N–H and O–H groups in total. The first-order valence-electron chi connectivity index (χ1n) is 8.50. The fourth-order valence-corrected chi connectivity index (χ4v) is 3.18. The van der Waals surface area contributed by atoms with E-state index in [1.807, 2.05) is 6.07 Å². The topological polar surface area (TPSA) is 68.7 Å². The van der Waals surface area contributed by atoms with E-state index in [-0.39, 0.29) is 30.0 Å². The lowest BCUT2D eigenvalue weighted by Crippen LogP contribution is -2.30. The van der Waals surface area contributed by atoms with Crippen molar-refractivity contribution < 1.29 is 27.3 Å². The standard InChI is InChI=1S/C19H16F2N2O4/c20-13-4-1-5-14(21)18(13)26-11-12-10-15(22-27-12)19(24)23-8-2-6-16(23)17-7-3-9-25-17/h1,3-5,7,9-10,16H,2,6,8,11H2/t16-/m0/s1. The number of aromatic nitrogens is 1. The van der Waals surface area contributed by atoms with Gasteiger partial charge in [0.05, 0.1) is 12.3 Å². The molecule has 1 aromatic carbocycles. The van der Waals surface area contributed by atoms with Crippen molar-refractivity contribution in [1.82, 2.24) is 10.1 Å². The minimum Gasteiger partial charge on any atom is -0.479 e. The molecule has 4 rings (SSSR count). The molecule has 3 heterocycles. The summed E-state index contributed by atoms with van der Waals surface area (Å²) in [6.07, 6.45) is 3.24. The lowest BCUT2D eigenvalue weighted by atomic mass is 10.1. The SMILES string of the molecule is O=C(c1cc(COc2c(F)cccc2F)on1)N1CCC[C@H]1c1ccco1. The maximum Gasteiger partial charge on any atom is 0.276 e. The van der Waals surface area contributed by atoms with Crippen molar-refractivity contribution >= 4 is 5.91 Å². The Bertz CT molecular complexity index is 919. The van der Waals surface area contributed by atoms with Gasteiger partial charge in [0.25, 0.3) is 5.91 Å². The Kier molecular flexibility index (Phi) is 4.62. The van der Waals surface area contributed by atoms with E-state index in [9.17, 15) is 13.6 Å². The number of ether oxygens (including phenoxy) is 1. The molecule has 2 aromatic heterocycles. The second-order valence-corrected chi connectivity index (χ2v) is 6.19. The predicted octanol–water partition coefficient (Wildman–Crippen LogP) is 4.10. The normalized spacial score (nSPS) is 16.7. The number of para-hydroxylation sites is 1. The minimum absolute atomic E-state index is 0.112. The van der Waals surface area contributed by atoms with Crippen molar-refractivity contribution in [2.24, 2.45) is 0 Å².